The summed E-state index contributed by atoms with van der Waals surface area (Å²) in [5.41, 5.74) is -0.0780. The van der Waals surface area contributed by atoms with Crippen LogP contribution in [0.2, 0.25) is 26.2 Å². The molecule has 116 valence electrons. The van der Waals surface area contributed by atoms with Gasteiger partial charge in [-0.1, -0.05) is 41.5 Å². The van der Waals surface area contributed by atoms with Crippen LogP contribution >= 0.6 is 0 Å². The van der Waals surface area contributed by atoms with Crippen molar-refractivity contribution in [3.8, 4) is 0 Å². The molecule has 0 amide bonds. The maximum atomic E-state index is 6.23. The van der Waals surface area contributed by atoms with Crippen molar-refractivity contribution in [3.63, 3.8) is 0 Å². The maximum Gasteiger partial charge on any atom is 0.174 e. The van der Waals surface area contributed by atoms with Crippen molar-refractivity contribution in [2.75, 3.05) is 0 Å². The Morgan fingerprint density at radius 2 is 0.895 bits per heavy atom. The summed E-state index contributed by atoms with van der Waals surface area (Å²) in [6.45, 7) is 21.6. The van der Waals surface area contributed by atoms with E-state index in [1.165, 1.54) is 0 Å². The van der Waals surface area contributed by atoms with E-state index in [9.17, 15) is 0 Å². The lowest BCUT2D eigenvalue weighted by Gasteiger charge is -2.40. The van der Waals surface area contributed by atoms with Crippen LogP contribution in [-0.4, -0.2) is 30.7 Å². The van der Waals surface area contributed by atoms with E-state index in [4.69, 9.17) is 13.6 Å². The summed E-state index contributed by atoms with van der Waals surface area (Å²) in [6, 6.07) is 0. The van der Waals surface area contributed by atoms with Crippen molar-refractivity contribution in [2.24, 2.45) is 10.8 Å². The van der Waals surface area contributed by atoms with Crippen molar-refractivity contribution in [3.05, 3.63) is 0 Å². The molecule has 0 aromatic heterocycles. The first kappa shape index (κ1) is 19.3. The van der Waals surface area contributed by atoms with Crippen molar-refractivity contribution < 1.29 is 13.6 Å². The molecule has 0 bridgehead atoms. The Hall–Kier alpha value is 0.314. The van der Waals surface area contributed by atoms with E-state index in [2.05, 4.69) is 67.7 Å². The van der Waals surface area contributed by atoms with Gasteiger partial charge in [0.15, 0.2) is 30.7 Å². The Morgan fingerprint density at radius 1 is 0.632 bits per heavy atom. The Balaban J connectivity index is 4.93. The van der Waals surface area contributed by atoms with E-state index in [-0.39, 0.29) is 23.4 Å². The highest BCUT2D eigenvalue weighted by atomic mass is 28.3. The Labute approximate surface area is 123 Å². The average Bonchev–Trinajstić information content (AvgIpc) is 2.10. The van der Waals surface area contributed by atoms with Crippen molar-refractivity contribution in [1.82, 2.24) is 0 Å². The van der Waals surface area contributed by atoms with Gasteiger partial charge in [0.1, 0.15) is 0 Å². The largest absolute Gasteiger partial charge is 0.396 e. The van der Waals surface area contributed by atoms with Gasteiger partial charge >= 0.3 is 0 Å². The molecule has 5 heteroatoms. The molecule has 0 aliphatic rings. The lowest BCUT2D eigenvalue weighted by molar-refractivity contribution is -0.254. The second kappa shape index (κ2) is 7.36. The number of hydrogen-bond donors (Lipinski definition) is 0. The molecule has 0 saturated heterocycles. The fourth-order valence-corrected chi connectivity index (χ4v) is 3.42. The summed E-state index contributed by atoms with van der Waals surface area (Å²) >= 11 is 0. The number of hydrogen-bond acceptors (Lipinski definition) is 3. The van der Waals surface area contributed by atoms with E-state index in [1.807, 2.05) is 0 Å². The number of ether oxygens (including phenoxy) is 1. The van der Waals surface area contributed by atoms with Crippen LogP contribution in [0, 0.1) is 10.8 Å². The molecule has 0 aromatic rings. The van der Waals surface area contributed by atoms with Crippen LogP contribution in [0.1, 0.15) is 41.5 Å². The Morgan fingerprint density at radius 3 is 1.05 bits per heavy atom. The lowest BCUT2D eigenvalue weighted by atomic mass is 9.94. The summed E-state index contributed by atoms with van der Waals surface area (Å²) in [6.07, 6.45) is -0.396. The smallest absolute Gasteiger partial charge is 0.174 e. The molecule has 3 nitrogen and oxygen atoms in total. The molecule has 0 radical (unpaired) electrons. The molecule has 0 heterocycles. The van der Waals surface area contributed by atoms with E-state index in [0.717, 1.165) is 0 Å². The third-order valence-corrected chi connectivity index (χ3v) is 4.04. The van der Waals surface area contributed by atoms with Crippen LogP contribution in [0.15, 0.2) is 0 Å². The summed E-state index contributed by atoms with van der Waals surface area (Å²) in [5.74, 6) is 0. The number of rotatable bonds is 6. The second-order valence-electron chi connectivity index (χ2n) is 7.90. The molecule has 2 unspecified atom stereocenters. The predicted molar refractivity (Wildman–Crippen MR) is 87.5 cm³/mol. The van der Waals surface area contributed by atoms with Crippen LogP contribution in [0.4, 0.5) is 0 Å². The van der Waals surface area contributed by atoms with Crippen LogP contribution in [0.3, 0.4) is 0 Å². The fourth-order valence-electron chi connectivity index (χ4n) is 1.49. The molecule has 0 aliphatic heterocycles. The monoisotopic (exact) mass is 306 g/mol. The molecule has 0 N–H and O–H groups in total. The first-order valence-corrected chi connectivity index (χ1v) is 12.9. The first-order chi connectivity index (χ1) is 8.34. The van der Waals surface area contributed by atoms with Crippen molar-refractivity contribution in [2.45, 2.75) is 80.3 Å². The summed E-state index contributed by atoms with van der Waals surface area (Å²) in [5, 5.41) is 0. The minimum absolute atomic E-state index is 0.0390. The van der Waals surface area contributed by atoms with Gasteiger partial charge in [0, 0.05) is 10.8 Å². The third kappa shape index (κ3) is 8.24. The van der Waals surface area contributed by atoms with Gasteiger partial charge in [0.05, 0.1) is 0 Å². The van der Waals surface area contributed by atoms with Crippen LogP contribution in [0.5, 0.6) is 0 Å². The second-order valence-corrected chi connectivity index (χ2v) is 12.6. The fraction of sp³-hybridized carbons (Fsp3) is 1.00. The quantitative estimate of drug-likeness (QED) is 0.552. The highest BCUT2D eigenvalue weighted by Gasteiger charge is 2.35. The Kier molecular flexibility index (Phi) is 7.48. The van der Waals surface area contributed by atoms with E-state index >= 15 is 0 Å². The molecule has 0 fully saturated rings. The molecular formula is C14H34O3Si2. The molecule has 0 aromatic carbocycles. The van der Waals surface area contributed by atoms with Crippen LogP contribution in [0.25, 0.3) is 0 Å². The molecule has 0 rings (SSSR count). The SMILES string of the molecule is C[SiH](C)OC(OC(O[SiH](C)C)C(C)(C)C)C(C)(C)C. The van der Waals surface area contributed by atoms with Crippen molar-refractivity contribution in [1.29, 1.82) is 0 Å². The normalized spacial score (nSPS) is 17.1. The zero-order valence-corrected chi connectivity index (χ0v) is 16.8. The minimum Gasteiger partial charge on any atom is -0.396 e. The van der Waals surface area contributed by atoms with Gasteiger partial charge in [0.2, 0.25) is 0 Å². The molecule has 0 aliphatic carbocycles. The molecular weight excluding hydrogens is 272 g/mol. The Bertz CT molecular complexity index is 228. The van der Waals surface area contributed by atoms with Gasteiger partial charge in [-0.2, -0.15) is 0 Å². The topological polar surface area (TPSA) is 27.7 Å². The molecule has 2 atom stereocenters. The maximum absolute atomic E-state index is 6.23. The molecule has 0 saturated carbocycles. The summed E-state index contributed by atoms with van der Waals surface area (Å²) in [4.78, 5) is 0. The van der Waals surface area contributed by atoms with Gasteiger partial charge in [-0.3, -0.25) is 0 Å². The average molecular weight is 307 g/mol. The van der Waals surface area contributed by atoms with Crippen LogP contribution < -0.4 is 0 Å². The van der Waals surface area contributed by atoms with Gasteiger partial charge in [-0.05, 0) is 26.2 Å². The van der Waals surface area contributed by atoms with E-state index < -0.39 is 18.1 Å². The van der Waals surface area contributed by atoms with Gasteiger partial charge in [-0.15, -0.1) is 0 Å². The zero-order chi connectivity index (χ0) is 15.4. The highest BCUT2D eigenvalue weighted by Crippen LogP contribution is 2.31. The summed E-state index contributed by atoms with van der Waals surface area (Å²) in [7, 11) is -2.29. The minimum atomic E-state index is -1.15. The molecule has 19 heavy (non-hydrogen) atoms. The van der Waals surface area contributed by atoms with Gasteiger partial charge in [0.25, 0.3) is 0 Å². The molecule has 0 spiro atoms. The van der Waals surface area contributed by atoms with Gasteiger partial charge < -0.3 is 13.6 Å². The van der Waals surface area contributed by atoms with Gasteiger partial charge in [-0.25, -0.2) is 0 Å². The standard InChI is InChI=1S/C14H34O3Si2/c1-13(2,3)11(16-18(7)8)15-12(14(4,5)6)17-19(9)10/h11-12,18-19H,1-10H3. The zero-order valence-electron chi connectivity index (χ0n) is 14.5. The summed E-state index contributed by atoms with van der Waals surface area (Å²) < 4.78 is 18.4. The third-order valence-electron chi connectivity index (χ3n) is 2.45. The van der Waals surface area contributed by atoms with E-state index in [0.29, 0.717) is 0 Å². The predicted octanol–water partition coefficient (Wildman–Crippen LogP) is 3.75. The lowest BCUT2D eigenvalue weighted by Crippen LogP contribution is -2.44. The van der Waals surface area contributed by atoms with Crippen molar-refractivity contribution >= 4 is 18.1 Å². The first-order valence-electron chi connectivity index (χ1n) is 7.30. The highest BCUT2D eigenvalue weighted by molar-refractivity contribution is 6.48. The van der Waals surface area contributed by atoms with E-state index in [1.54, 1.807) is 0 Å². The van der Waals surface area contributed by atoms with Crippen LogP contribution in [-0.2, 0) is 13.6 Å².